The van der Waals surface area contributed by atoms with Gasteiger partial charge in [-0.3, -0.25) is 0 Å². The second-order valence-electron chi connectivity index (χ2n) is 5.97. The van der Waals surface area contributed by atoms with Gasteiger partial charge in [0.25, 0.3) is 0 Å². The molecule has 4 unspecified atom stereocenters. The second-order valence-corrected chi connectivity index (χ2v) is 8.87. The first-order valence-electron chi connectivity index (χ1n) is 8.63. The Kier molecular flexibility index (Phi) is 25.5. The van der Waals surface area contributed by atoms with Gasteiger partial charge in [-0.2, -0.15) is 0 Å². The first-order chi connectivity index (χ1) is 10.4. The molecule has 0 saturated carbocycles. The van der Waals surface area contributed by atoms with Crippen molar-refractivity contribution in [3.8, 4) is 0 Å². The molecule has 4 atom stereocenters. The third-order valence-corrected chi connectivity index (χ3v) is 5.63. The Morgan fingerprint density at radius 3 is 1.22 bits per heavy atom. The van der Waals surface area contributed by atoms with Crippen LogP contribution in [0, 0.1) is 0 Å². The van der Waals surface area contributed by atoms with Crippen LogP contribution in [0.15, 0.2) is 0 Å². The standard InChI is InChI=1S/2C8H17O2P.Ni/c2*1-3-4-5-6-7-8(2)11(9)10;/h2*8H,3-7H2,1-2H3;/q;;+2. The molecule has 0 radical (unpaired) electrons. The summed E-state index contributed by atoms with van der Waals surface area (Å²) in [5.74, 6) is 0. The van der Waals surface area contributed by atoms with E-state index in [9.17, 15) is 18.9 Å². The summed E-state index contributed by atoms with van der Waals surface area (Å²) in [6, 6.07) is 0. The van der Waals surface area contributed by atoms with Crippen molar-refractivity contribution < 1.29 is 35.4 Å². The van der Waals surface area contributed by atoms with Gasteiger partial charge in [0.1, 0.15) is 11.3 Å². The Morgan fingerprint density at radius 1 is 0.696 bits per heavy atom. The summed E-state index contributed by atoms with van der Waals surface area (Å²) in [6.45, 7) is 7.85. The van der Waals surface area contributed by atoms with Crippen LogP contribution in [0.1, 0.15) is 91.9 Å². The molecular weight excluding hydrogens is 377 g/mol. The SMILES string of the molecule is CCCCCCC(C)[P+](=O)[O-].CCCCCCC(C)[P+](=O)[O-].[Ni+2]. The van der Waals surface area contributed by atoms with Crippen LogP contribution < -0.4 is 9.79 Å². The maximum atomic E-state index is 10.4. The van der Waals surface area contributed by atoms with Crippen LogP contribution in [-0.4, -0.2) is 11.3 Å². The summed E-state index contributed by atoms with van der Waals surface area (Å²) in [4.78, 5) is 20.8. The number of unbranched alkanes of at least 4 members (excludes halogenated alkanes) is 6. The van der Waals surface area contributed by atoms with Gasteiger partial charge in [-0.15, -0.1) is 0 Å². The molecule has 0 aliphatic heterocycles. The van der Waals surface area contributed by atoms with Crippen molar-refractivity contribution in [2.45, 2.75) is 103 Å². The van der Waals surface area contributed by atoms with Gasteiger partial charge in [-0.05, 0) is 39.5 Å². The Bertz CT molecular complexity index is 263. The molecule has 0 aromatic carbocycles. The molecule has 0 N–H and O–H groups in total. The molecule has 0 bridgehead atoms. The Balaban J connectivity index is -0.000000333. The minimum atomic E-state index is -2.18. The molecule has 0 amide bonds. The number of rotatable bonds is 12. The summed E-state index contributed by atoms with van der Waals surface area (Å²) in [5.41, 5.74) is -0.247. The van der Waals surface area contributed by atoms with Gasteiger partial charge in [0.2, 0.25) is 0 Å². The van der Waals surface area contributed by atoms with Gasteiger partial charge < -0.3 is 9.79 Å². The maximum Gasteiger partial charge on any atom is 2.00 e. The summed E-state index contributed by atoms with van der Waals surface area (Å²) in [5, 5.41) is 0. The van der Waals surface area contributed by atoms with E-state index in [2.05, 4.69) is 13.8 Å². The van der Waals surface area contributed by atoms with Crippen molar-refractivity contribution >= 4 is 16.1 Å². The Morgan fingerprint density at radius 2 is 1.00 bits per heavy atom. The first-order valence-corrected chi connectivity index (χ1v) is 11.1. The molecule has 0 heterocycles. The van der Waals surface area contributed by atoms with Crippen molar-refractivity contribution in [3.63, 3.8) is 0 Å². The largest absolute Gasteiger partial charge is 2.00 e. The average molecular weight is 411 g/mol. The second kappa shape index (κ2) is 20.7. The smallest absolute Gasteiger partial charge is 0.595 e. The maximum absolute atomic E-state index is 10.4. The molecule has 140 valence electrons. The molecule has 0 fully saturated rings. The van der Waals surface area contributed by atoms with Gasteiger partial charge in [0.15, 0.2) is 0 Å². The molecule has 4 nitrogen and oxygen atoms in total. The van der Waals surface area contributed by atoms with Crippen LogP contribution in [0.2, 0.25) is 0 Å². The van der Waals surface area contributed by atoms with E-state index in [4.69, 9.17) is 0 Å². The van der Waals surface area contributed by atoms with Crippen LogP contribution >= 0.6 is 16.1 Å². The van der Waals surface area contributed by atoms with E-state index >= 15 is 0 Å². The van der Waals surface area contributed by atoms with Crippen molar-refractivity contribution in [1.29, 1.82) is 0 Å². The molecule has 0 rings (SSSR count). The average Bonchev–Trinajstić information content (AvgIpc) is 2.48. The summed E-state index contributed by atoms with van der Waals surface area (Å²) < 4.78 is 20.8. The minimum Gasteiger partial charge on any atom is -0.595 e. The van der Waals surface area contributed by atoms with Gasteiger partial charge in [0.05, 0.1) is 0 Å². The Labute approximate surface area is 154 Å². The van der Waals surface area contributed by atoms with E-state index in [0.717, 1.165) is 25.7 Å². The molecule has 0 aliphatic rings. The summed E-state index contributed by atoms with van der Waals surface area (Å²) in [7, 11) is -4.37. The normalized spacial score (nSPS) is 14.0. The topological polar surface area (TPSA) is 80.3 Å². The van der Waals surface area contributed by atoms with Crippen LogP contribution in [-0.2, 0) is 25.6 Å². The van der Waals surface area contributed by atoms with E-state index < -0.39 is 16.1 Å². The molecule has 0 aromatic heterocycles. The van der Waals surface area contributed by atoms with Crippen molar-refractivity contribution in [2.24, 2.45) is 0 Å². The molecular formula is C16H34NiO4P2+2. The summed E-state index contributed by atoms with van der Waals surface area (Å²) >= 11 is 0. The minimum absolute atomic E-state index is 0. The van der Waals surface area contributed by atoms with Crippen LogP contribution in [0.25, 0.3) is 0 Å². The van der Waals surface area contributed by atoms with E-state index in [1.165, 1.54) is 38.5 Å². The van der Waals surface area contributed by atoms with E-state index in [1.54, 1.807) is 13.8 Å². The van der Waals surface area contributed by atoms with Crippen LogP contribution in [0.5, 0.6) is 0 Å². The molecule has 7 heteroatoms. The van der Waals surface area contributed by atoms with Gasteiger partial charge in [-0.25, -0.2) is 0 Å². The number of hydrogen-bond acceptors (Lipinski definition) is 4. The van der Waals surface area contributed by atoms with Crippen LogP contribution in [0.4, 0.5) is 0 Å². The predicted molar refractivity (Wildman–Crippen MR) is 91.7 cm³/mol. The van der Waals surface area contributed by atoms with Crippen LogP contribution in [0.3, 0.4) is 0 Å². The van der Waals surface area contributed by atoms with Gasteiger partial charge >= 0.3 is 32.5 Å². The fourth-order valence-corrected chi connectivity index (χ4v) is 2.73. The fraction of sp³-hybridized carbons (Fsp3) is 1.00. The Hall–Kier alpha value is 0.614. The third-order valence-electron chi connectivity index (χ3n) is 3.67. The number of hydrogen-bond donors (Lipinski definition) is 0. The van der Waals surface area contributed by atoms with Crippen molar-refractivity contribution in [3.05, 3.63) is 0 Å². The molecule has 0 aliphatic carbocycles. The third kappa shape index (κ3) is 22.6. The molecule has 0 aromatic rings. The van der Waals surface area contributed by atoms with Crippen molar-refractivity contribution in [1.82, 2.24) is 0 Å². The zero-order chi connectivity index (χ0) is 17.4. The van der Waals surface area contributed by atoms with E-state index in [1.807, 2.05) is 0 Å². The first kappa shape index (κ1) is 28.4. The predicted octanol–water partition coefficient (Wildman–Crippen LogP) is 4.89. The zero-order valence-corrected chi connectivity index (χ0v) is 17.8. The van der Waals surface area contributed by atoms with Gasteiger partial charge in [-0.1, -0.05) is 61.5 Å². The van der Waals surface area contributed by atoms with Gasteiger partial charge in [0, 0.05) is 0 Å². The fourth-order valence-electron chi connectivity index (χ4n) is 1.94. The molecule has 23 heavy (non-hydrogen) atoms. The quantitative estimate of drug-likeness (QED) is 0.260. The monoisotopic (exact) mass is 410 g/mol. The molecule has 0 spiro atoms. The van der Waals surface area contributed by atoms with E-state index in [0.29, 0.717) is 0 Å². The summed E-state index contributed by atoms with van der Waals surface area (Å²) in [6.07, 6.45) is 11.0. The van der Waals surface area contributed by atoms with E-state index in [-0.39, 0.29) is 27.8 Å². The van der Waals surface area contributed by atoms with Crippen molar-refractivity contribution in [2.75, 3.05) is 0 Å². The zero-order valence-electron chi connectivity index (χ0n) is 15.1. The molecule has 0 saturated heterocycles.